The summed E-state index contributed by atoms with van der Waals surface area (Å²) in [5, 5.41) is 3.27. The van der Waals surface area contributed by atoms with Gasteiger partial charge in [-0.25, -0.2) is 4.79 Å². The van der Waals surface area contributed by atoms with Crippen LogP contribution in [0.2, 0.25) is 0 Å². The summed E-state index contributed by atoms with van der Waals surface area (Å²) in [4.78, 5) is 36.7. The number of amides is 2. The minimum Gasteiger partial charge on any atom is -0.466 e. The minimum absolute atomic E-state index is 0.0376. The van der Waals surface area contributed by atoms with Gasteiger partial charge in [-0.2, -0.15) is 0 Å². The summed E-state index contributed by atoms with van der Waals surface area (Å²) in [7, 11) is 0. The Hall–Kier alpha value is -1.10. The highest BCUT2D eigenvalue weighted by Gasteiger charge is 2.23. The van der Waals surface area contributed by atoms with Crippen molar-refractivity contribution >= 4 is 40.6 Å². The zero-order chi connectivity index (χ0) is 22.1. The Balaban J connectivity index is 0.000000508. The van der Waals surface area contributed by atoms with Crippen molar-refractivity contribution in [3.05, 3.63) is 0 Å². The van der Waals surface area contributed by atoms with Gasteiger partial charge < -0.3 is 25.4 Å². The fourth-order valence-electron chi connectivity index (χ4n) is 3.35. The monoisotopic (exact) mass is 527 g/mol. The number of nitrogens with two attached hydrogens (primary N) is 1. The largest absolute Gasteiger partial charge is 0.466 e. The van der Waals surface area contributed by atoms with E-state index in [1.807, 2.05) is 11.9 Å². The van der Waals surface area contributed by atoms with Gasteiger partial charge in [-0.3, -0.25) is 9.59 Å². The lowest BCUT2D eigenvalue weighted by Gasteiger charge is -2.30. The maximum absolute atomic E-state index is 11.2. The van der Waals surface area contributed by atoms with E-state index in [2.05, 4.69) is 27.9 Å². The van der Waals surface area contributed by atoms with Gasteiger partial charge in [0.25, 0.3) is 0 Å². The molecule has 0 unspecified atom stereocenters. The number of urea groups is 1. The Morgan fingerprint density at radius 3 is 1.69 bits per heavy atom. The number of hydrogen-bond acceptors (Lipinski definition) is 6. The smallest absolute Gasteiger partial charge is 0.314 e. The van der Waals surface area contributed by atoms with Crippen LogP contribution in [-0.4, -0.2) is 67.2 Å². The first-order valence-corrected chi connectivity index (χ1v) is 12.6. The van der Waals surface area contributed by atoms with Crippen molar-refractivity contribution in [2.24, 2.45) is 17.6 Å². The Labute approximate surface area is 188 Å². The second-order valence-electron chi connectivity index (χ2n) is 6.98. The average molecular weight is 527 g/mol. The normalized spacial score (nSPS) is 17.2. The second-order valence-corrected chi connectivity index (χ2v) is 6.98. The van der Waals surface area contributed by atoms with Gasteiger partial charge in [0.05, 0.1) is 13.2 Å². The van der Waals surface area contributed by atoms with Crippen molar-refractivity contribution in [2.75, 3.05) is 44.3 Å². The van der Waals surface area contributed by atoms with Gasteiger partial charge in [-0.15, -0.1) is 0 Å². The number of piperidine rings is 2. The first kappa shape index (κ1) is 27.9. The summed E-state index contributed by atoms with van der Waals surface area (Å²) in [5.41, 5.74) is 5.16. The van der Waals surface area contributed by atoms with Gasteiger partial charge in [-0.1, -0.05) is 22.6 Å². The molecule has 2 amide bonds. The molecular weight excluding hydrogens is 489 g/mol. The molecular formula is C20H38IN3O5. The van der Waals surface area contributed by atoms with Crippen LogP contribution in [0.25, 0.3) is 0 Å². The highest BCUT2D eigenvalue weighted by atomic mass is 127. The van der Waals surface area contributed by atoms with Gasteiger partial charge >= 0.3 is 18.0 Å². The molecule has 0 aromatic rings. The molecule has 2 rings (SSSR count). The molecule has 170 valence electrons. The molecule has 9 heteroatoms. The molecule has 0 aromatic heterocycles. The topological polar surface area (TPSA) is 111 Å². The standard InChI is InChI=1S/C10H18N2O3.C9H17NO2.CH3I/c1-2-15-9(13)7-8-3-5-12(6-4-8)10(11)14;1-2-12-9(11)7-8-3-5-10-6-4-8;1-2/h8H,2-7H2,1H3,(H2,11,14);8,10H,2-7H2,1H3;1H3. The van der Waals surface area contributed by atoms with Crippen LogP contribution in [0.5, 0.6) is 0 Å². The number of likely N-dealkylation sites (tertiary alicyclic amines) is 1. The van der Waals surface area contributed by atoms with E-state index in [-0.39, 0.29) is 18.0 Å². The van der Waals surface area contributed by atoms with Crippen molar-refractivity contribution in [3.63, 3.8) is 0 Å². The third-order valence-corrected chi connectivity index (χ3v) is 4.91. The highest BCUT2D eigenvalue weighted by Crippen LogP contribution is 2.20. The molecule has 0 radical (unpaired) electrons. The molecule has 8 nitrogen and oxygen atoms in total. The first-order chi connectivity index (χ1) is 14.0. The number of ether oxygens (including phenoxy) is 2. The Bertz CT molecular complexity index is 465. The molecule has 2 fully saturated rings. The van der Waals surface area contributed by atoms with Crippen LogP contribution in [0.4, 0.5) is 4.79 Å². The van der Waals surface area contributed by atoms with Crippen LogP contribution >= 0.6 is 22.6 Å². The molecule has 2 saturated heterocycles. The van der Waals surface area contributed by atoms with E-state index >= 15 is 0 Å². The Morgan fingerprint density at radius 1 is 0.897 bits per heavy atom. The van der Waals surface area contributed by atoms with E-state index in [4.69, 9.17) is 15.2 Å². The highest BCUT2D eigenvalue weighted by molar-refractivity contribution is 14.1. The van der Waals surface area contributed by atoms with Crippen molar-refractivity contribution in [2.45, 2.75) is 52.4 Å². The number of nitrogens with zero attached hydrogens (tertiary/aromatic N) is 1. The lowest BCUT2D eigenvalue weighted by Crippen LogP contribution is -2.42. The molecule has 0 spiro atoms. The van der Waals surface area contributed by atoms with Crippen molar-refractivity contribution in [3.8, 4) is 0 Å². The quantitative estimate of drug-likeness (QED) is 0.312. The molecule has 2 heterocycles. The molecule has 29 heavy (non-hydrogen) atoms. The van der Waals surface area contributed by atoms with Crippen LogP contribution < -0.4 is 11.1 Å². The second kappa shape index (κ2) is 17.7. The predicted molar refractivity (Wildman–Crippen MR) is 122 cm³/mol. The predicted octanol–water partition coefficient (Wildman–Crippen LogP) is 2.72. The van der Waals surface area contributed by atoms with Gasteiger partial charge in [0.15, 0.2) is 0 Å². The molecule has 0 bridgehead atoms. The number of halogens is 1. The van der Waals surface area contributed by atoms with E-state index in [9.17, 15) is 14.4 Å². The van der Waals surface area contributed by atoms with Gasteiger partial charge in [0.1, 0.15) is 0 Å². The van der Waals surface area contributed by atoms with Crippen molar-refractivity contribution in [1.82, 2.24) is 10.2 Å². The molecule has 2 aliphatic rings. The number of esters is 2. The minimum atomic E-state index is -0.371. The first-order valence-electron chi connectivity index (χ1n) is 10.4. The Morgan fingerprint density at radius 2 is 1.31 bits per heavy atom. The van der Waals surface area contributed by atoms with Crippen LogP contribution in [0.3, 0.4) is 0 Å². The maximum atomic E-state index is 11.2. The summed E-state index contributed by atoms with van der Waals surface area (Å²) in [5.74, 6) is 0.698. The lowest BCUT2D eigenvalue weighted by molar-refractivity contribution is -0.145. The summed E-state index contributed by atoms with van der Waals surface area (Å²) in [6.07, 6.45) is 4.96. The van der Waals surface area contributed by atoms with Gasteiger partial charge in [-0.05, 0) is 69.4 Å². The summed E-state index contributed by atoms with van der Waals surface area (Å²) in [6, 6.07) is -0.371. The molecule has 3 N–H and O–H groups in total. The molecule has 0 aliphatic carbocycles. The SMILES string of the molecule is CCOC(=O)CC1CCN(C(N)=O)CC1.CCOC(=O)CC1CCNCC1.CI. The Kier molecular flexibility index (Phi) is 17.1. The molecule has 2 aliphatic heterocycles. The number of carbonyl (C=O) groups excluding carboxylic acids is 3. The average Bonchev–Trinajstić information content (AvgIpc) is 2.71. The number of carbonyl (C=O) groups is 3. The summed E-state index contributed by atoms with van der Waals surface area (Å²) >= 11 is 2.15. The number of nitrogens with one attached hydrogen (secondary N) is 1. The molecule has 0 aromatic carbocycles. The fourth-order valence-corrected chi connectivity index (χ4v) is 3.35. The van der Waals surface area contributed by atoms with E-state index in [0.29, 0.717) is 51.0 Å². The number of hydrogen-bond donors (Lipinski definition) is 2. The van der Waals surface area contributed by atoms with E-state index < -0.39 is 0 Å². The van der Waals surface area contributed by atoms with Crippen molar-refractivity contribution < 1.29 is 23.9 Å². The third kappa shape index (κ3) is 13.7. The van der Waals surface area contributed by atoms with Crippen LogP contribution in [0, 0.1) is 11.8 Å². The van der Waals surface area contributed by atoms with E-state index in [1.165, 1.54) is 0 Å². The number of rotatable bonds is 6. The van der Waals surface area contributed by atoms with Gasteiger partial charge in [0, 0.05) is 25.9 Å². The lowest BCUT2D eigenvalue weighted by atomic mass is 9.94. The zero-order valence-corrected chi connectivity index (χ0v) is 20.2. The maximum Gasteiger partial charge on any atom is 0.314 e. The van der Waals surface area contributed by atoms with Crippen LogP contribution in [-0.2, 0) is 19.1 Å². The number of primary amides is 1. The zero-order valence-electron chi connectivity index (χ0n) is 18.1. The van der Waals surface area contributed by atoms with Crippen LogP contribution in [0.1, 0.15) is 52.4 Å². The summed E-state index contributed by atoms with van der Waals surface area (Å²) < 4.78 is 9.76. The van der Waals surface area contributed by atoms with E-state index in [1.54, 1.807) is 11.8 Å². The fraction of sp³-hybridized carbons (Fsp3) is 0.850. The summed E-state index contributed by atoms with van der Waals surface area (Å²) in [6.45, 7) is 7.98. The van der Waals surface area contributed by atoms with Gasteiger partial charge in [0.2, 0.25) is 0 Å². The molecule has 0 saturated carbocycles. The third-order valence-electron chi connectivity index (χ3n) is 4.91. The van der Waals surface area contributed by atoms with Crippen LogP contribution in [0.15, 0.2) is 0 Å². The van der Waals surface area contributed by atoms with Crippen molar-refractivity contribution in [1.29, 1.82) is 0 Å². The number of alkyl halides is 1. The van der Waals surface area contributed by atoms with E-state index in [0.717, 1.165) is 38.8 Å². The molecule has 0 atom stereocenters.